The molecule has 2 heterocycles. The molecule has 1 saturated heterocycles. The number of ether oxygens (including phenoxy) is 1. The number of nitrogens with two attached hydrogens (primary N) is 2. The van der Waals surface area contributed by atoms with E-state index in [4.69, 9.17) is 21.2 Å². The van der Waals surface area contributed by atoms with Crippen LogP contribution in [0.5, 0.6) is 5.75 Å². The van der Waals surface area contributed by atoms with Gasteiger partial charge in [-0.25, -0.2) is 0 Å². The van der Waals surface area contributed by atoms with Gasteiger partial charge >= 0.3 is 0 Å². The van der Waals surface area contributed by atoms with E-state index in [0.29, 0.717) is 17.6 Å². The molecule has 35 heavy (non-hydrogen) atoms. The van der Waals surface area contributed by atoms with Crippen LogP contribution in [0.3, 0.4) is 0 Å². The van der Waals surface area contributed by atoms with Crippen LogP contribution in [-0.4, -0.2) is 28.7 Å². The van der Waals surface area contributed by atoms with E-state index in [9.17, 15) is 4.79 Å². The van der Waals surface area contributed by atoms with Crippen LogP contribution in [0.4, 0.5) is 11.8 Å². The van der Waals surface area contributed by atoms with Crippen molar-refractivity contribution in [3.8, 4) is 16.9 Å². The Labute approximate surface area is 213 Å². The maximum absolute atomic E-state index is 13.4. The van der Waals surface area contributed by atoms with Crippen LogP contribution in [-0.2, 0) is 13.5 Å². The van der Waals surface area contributed by atoms with Crippen LogP contribution in [0, 0.1) is 5.41 Å². The molecule has 182 valence electrons. The summed E-state index contributed by atoms with van der Waals surface area (Å²) in [4.78, 5) is 20.2. The third-order valence-corrected chi connectivity index (χ3v) is 8.45. The van der Waals surface area contributed by atoms with Crippen molar-refractivity contribution in [3.05, 3.63) is 68.4 Å². The van der Waals surface area contributed by atoms with Gasteiger partial charge in [0.25, 0.3) is 5.56 Å². The van der Waals surface area contributed by atoms with Gasteiger partial charge in [-0.2, -0.15) is 4.98 Å². The lowest BCUT2D eigenvalue weighted by atomic mass is 9.73. The molecule has 1 aromatic heterocycles. The monoisotopic (exact) mass is 535 g/mol. The minimum absolute atomic E-state index is 0.0215. The average Bonchev–Trinajstić information content (AvgIpc) is 3.63. The van der Waals surface area contributed by atoms with E-state index in [0.717, 1.165) is 61.0 Å². The number of piperidine rings is 1. The molecule has 2 fully saturated rings. The number of rotatable bonds is 4. The summed E-state index contributed by atoms with van der Waals surface area (Å²) in [5.74, 6) is 1.69. The third-order valence-electron chi connectivity index (χ3n) is 7.95. The second-order valence-corrected chi connectivity index (χ2v) is 11.1. The Bertz CT molecular complexity index is 1340. The van der Waals surface area contributed by atoms with Gasteiger partial charge < -0.3 is 21.1 Å². The minimum Gasteiger partial charge on any atom is -0.490 e. The summed E-state index contributed by atoms with van der Waals surface area (Å²) in [6.45, 7) is 1.57. The molecule has 0 unspecified atom stereocenters. The van der Waals surface area contributed by atoms with E-state index in [1.54, 1.807) is 11.6 Å². The van der Waals surface area contributed by atoms with Gasteiger partial charge in [0.05, 0.1) is 11.7 Å². The molecule has 6 rings (SSSR count). The molecule has 0 bridgehead atoms. The van der Waals surface area contributed by atoms with Crippen molar-refractivity contribution >= 4 is 27.7 Å². The quantitative estimate of drug-likeness (QED) is 0.519. The zero-order chi connectivity index (χ0) is 24.3. The van der Waals surface area contributed by atoms with Gasteiger partial charge in [-0.15, -0.1) is 0 Å². The number of nitrogens with zero attached hydrogens (tertiary/aromatic N) is 3. The highest BCUT2D eigenvalue weighted by Gasteiger charge is 2.46. The van der Waals surface area contributed by atoms with Gasteiger partial charge in [0.2, 0.25) is 5.95 Å². The molecule has 4 N–H and O–H groups in total. The molecule has 1 atom stereocenters. The summed E-state index contributed by atoms with van der Waals surface area (Å²) in [5, 5.41) is 0. The van der Waals surface area contributed by atoms with Gasteiger partial charge in [0, 0.05) is 30.7 Å². The van der Waals surface area contributed by atoms with E-state index in [2.05, 4.69) is 39.0 Å². The normalized spacial score (nSPS) is 20.8. The number of halogens is 1. The fraction of sp³-hybridized carbons (Fsp3) is 0.407. The van der Waals surface area contributed by atoms with Crippen molar-refractivity contribution in [3.63, 3.8) is 0 Å². The van der Waals surface area contributed by atoms with E-state index in [-0.39, 0.29) is 22.8 Å². The molecule has 2 aromatic carbocycles. The zero-order valence-corrected chi connectivity index (χ0v) is 21.4. The van der Waals surface area contributed by atoms with E-state index < -0.39 is 0 Å². The Hall–Kier alpha value is -2.84. The van der Waals surface area contributed by atoms with Gasteiger partial charge in [0.1, 0.15) is 11.6 Å². The predicted molar refractivity (Wildman–Crippen MR) is 142 cm³/mol. The summed E-state index contributed by atoms with van der Waals surface area (Å²) < 4.78 is 8.52. The number of hydrogen-bond donors (Lipinski definition) is 2. The molecular formula is C27H30BrN5O2. The number of nitrogen functional groups attached to an aromatic ring is 1. The highest BCUT2D eigenvalue weighted by molar-refractivity contribution is 9.10. The standard InChI is InChI=1S/C27H30BrN5O2/c1-32-25(34)22(16-3-6-19(7-4-16)35-20-8-9-20)24(30)31-26(32)33-12-10-27(11-13-33)15-17-2-5-18(28)14-21(17)23(27)29/h2-7,14,20,23H,8-13,15,29-30H2,1H3/t23-/m1/s1. The summed E-state index contributed by atoms with van der Waals surface area (Å²) in [7, 11) is 1.78. The molecule has 1 aliphatic heterocycles. The zero-order valence-electron chi connectivity index (χ0n) is 19.8. The first-order valence-electron chi connectivity index (χ1n) is 12.3. The maximum Gasteiger partial charge on any atom is 0.264 e. The molecule has 7 nitrogen and oxygen atoms in total. The Morgan fingerprint density at radius 2 is 1.83 bits per heavy atom. The Kier molecular flexibility index (Phi) is 5.41. The third kappa shape index (κ3) is 3.93. The molecule has 3 aliphatic rings. The average molecular weight is 536 g/mol. The smallest absolute Gasteiger partial charge is 0.264 e. The minimum atomic E-state index is -0.140. The van der Waals surface area contributed by atoms with Crippen molar-refractivity contribution in [2.45, 2.75) is 44.2 Å². The first-order valence-corrected chi connectivity index (χ1v) is 13.1. The van der Waals surface area contributed by atoms with Crippen molar-refractivity contribution in [2.24, 2.45) is 18.2 Å². The molecule has 0 radical (unpaired) electrons. The highest BCUT2D eigenvalue weighted by atomic mass is 79.9. The predicted octanol–water partition coefficient (Wildman–Crippen LogP) is 4.18. The topological polar surface area (TPSA) is 99.4 Å². The fourth-order valence-electron chi connectivity index (χ4n) is 5.71. The van der Waals surface area contributed by atoms with E-state index >= 15 is 0 Å². The van der Waals surface area contributed by atoms with Crippen molar-refractivity contribution in [1.29, 1.82) is 0 Å². The number of anilines is 2. The van der Waals surface area contributed by atoms with Crippen LogP contribution in [0.25, 0.3) is 11.1 Å². The van der Waals surface area contributed by atoms with Gasteiger partial charge in [-0.1, -0.05) is 34.1 Å². The Morgan fingerprint density at radius 1 is 1.11 bits per heavy atom. The summed E-state index contributed by atoms with van der Waals surface area (Å²) >= 11 is 3.58. The van der Waals surface area contributed by atoms with E-state index in [1.165, 1.54) is 11.1 Å². The van der Waals surface area contributed by atoms with Gasteiger partial charge in [-0.05, 0) is 78.5 Å². The number of hydrogen-bond acceptors (Lipinski definition) is 6. The van der Waals surface area contributed by atoms with Crippen LogP contribution in [0.2, 0.25) is 0 Å². The first kappa shape index (κ1) is 22.6. The largest absolute Gasteiger partial charge is 0.490 e. The second kappa shape index (κ2) is 8.38. The van der Waals surface area contributed by atoms with Crippen molar-refractivity contribution in [2.75, 3.05) is 23.7 Å². The summed E-state index contributed by atoms with van der Waals surface area (Å²) in [6, 6.07) is 14.0. The molecule has 1 saturated carbocycles. The SMILES string of the molecule is Cn1c(N2CCC3(CC2)Cc2ccc(Br)cc2[C@H]3N)nc(N)c(-c2ccc(OC3CC3)cc2)c1=O. The summed E-state index contributed by atoms with van der Waals surface area (Å²) in [5.41, 5.74) is 16.8. The molecule has 8 heteroatoms. The van der Waals surface area contributed by atoms with Crippen molar-refractivity contribution in [1.82, 2.24) is 9.55 Å². The van der Waals surface area contributed by atoms with E-state index in [1.807, 2.05) is 24.3 Å². The lowest BCUT2D eigenvalue weighted by Crippen LogP contribution is -2.46. The van der Waals surface area contributed by atoms with Gasteiger partial charge in [0.15, 0.2) is 0 Å². The highest BCUT2D eigenvalue weighted by Crippen LogP contribution is 2.51. The van der Waals surface area contributed by atoms with Crippen LogP contribution in [0.15, 0.2) is 51.7 Å². The molecule has 3 aromatic rings. The Morgan fingerprint density at radius 3 is 2.51 bits per heavy atom. The van der Waals surface area contributed by atoms with Crippen LogP contribution < -0.4 is 26.7 Å². The lowest BCUT2D eigenvalue weighted by molar-refractivity contribution is 0.186. The lowest BCUT2D eigenvalue weighted by Gasteiger charge is -2.42. The molecular weight excluding hydrogens is 506 g/mol. The second-order valence-electron chi connectivity index (χ2n) is 10.2. The van der Waals surface area contributed by atoms with Crippen molar-refractivity contribution < 1.29 is 4.74 Å². The number of benzene rings is 2. The molecule has 0 amide bonds. The number of aromatic nitrogens is 2. The molecule has 2 aliphatic carbocycles. The fourth-order valence-corrected chi connectivity index (χ4v) is 6.09. The van der Waals surface area contributed by atoms with Crippen LogP contribution in [0.1, 0.15) is 42.9 Å². The Balaban J connectivity index is 1.22. The van der Waals surface area contributed by atoms with Crippen LogP contribution >= 0.6 is 15.9 Å². The maximum atomic E-state index is 13.4. The molecule has 1 spiro atoms. The first-order chi connectivity index (χ1) is 16.8. The summed E-state index contributed by atoms with van der Waals surface area (Å²) in [6.07, 6.45) is 5.43. The van der Waals surface area contributed by atoms with Gasteiger partial charge in [-0.3, -0.25) is 9.36 Å². The number of fused-ring (bicyclic) bond motifs is 1.